The molecule has 0 aliphatic heterocycles. The van der Waals surface area contributed by atoms with Crippen molar-refractivity contribution in [3.05, 3.63) is 12.2 Å². The lowest BCUT2D eigenvalue weighted by Gasteiger charge is -2.36. The summed E-state index contributed by atoms with van der Waals surface area (Å²) in [4.78, 5) is 0. The highest BCUT2D eigenvalue weighted by molar-refractivity contribution is 5.26. The molecule has 0 spiro atoms. The summed E-state index contributed by atoms with van der Waals surface area (Å²) >= 11 is 0. The maximum atomic E-state index is 10.7. The van der Waals surface area contributed by atoms with E-state index in [0.717, 1.165) is 12.8 Å². The minimum Gasteiger partial charge on any atom is -0.390 e. The Bertz CT molecular complexity index is 356. The molecule has 1 nitrogen and oxygen atoms in total. The minimum atomic E-state index is -0.454. The van der Waals surface area contributed by atoms with E-state index in [1.54, 1.807) is 0 Å². The number of fused-ring (bicyclic) bond motifs is 3. The quantitative estimate of drug-likeness (QED) is 0.619. The summed E-state index contributed by atoms with van der Waals surface area (Å²) in [5.74, 6) is 1.05. The van der Waals surface area contributed by atoms with Crippen LogP contribution in [-0.2, 0) is 0 Å². The zero-order valence-electron chi connectivity index (χ0n) is 10.8. The van der Waals surface area contributed by atoms with Gasteiger partial charge in [-0.1, -0.05) is 26.0 Å². The fourth-order valence-electron chi connectivity index (χ4n) is 5.02. The van der Waals surface area contributed by atoms with Gasteiger partial charge in [-0.25, -0.2) is 0 Å². The highest BCUT2D eigenvalue weighted by Gasteiger charge is 2.70. The monoisotopic (exact) mass is 220 g/mol. The Labute approximate surface area is 98.9 Å². The van der Waals surface area contributed by atoms with Crippen LogP contribution in [-0.4, -0.2) is 10.7 Å². The van der Waals surface area contributed by atoms with Crippen LogP contribution >= 0.6 is 0 Å². The first-order chi connectivity index (χ1) is 7.30. The van der Waals surface area contributed by atoms with Crippen molar-refractivity contribution in [1.82, 2.24) is 0 Å². The standard InChI is InChI=1S/C15H24O/c1-10-5-7-13(2)9-14(13,3)12-11(10)6-8-15(12,4)16/h11-12,16H,1,5-9H2,2-4H3/t11?,12?,13-,14-,15-/m0/s1. The van der Waals surface area contributed by atoms with E-state index in [1.807, 2.05) is 0 Å². The summed E-state index contributed by atoms with van der Waals surface area (Å²) in [6, 6.07) is 0. The van der Waals surface area contributed by atoms with Gasteiger partial charge in [0, 0.05) is 0 Å². The summed E-state index contributed by atoms with van der Waals surface area (Å²) in [6.45, 7) is 11.2. The number of rotatable bonds is 0. The number of allylic oxidation sites excluding steroid dienone is 1. The van der Waals surface area contributed by atoms with Crippen molar-refractivity contribution in [2.75, 3.05) is 0 Å². The normalized spacial score (nSPS) is 60.1. The van der Waals surface area contributed by atoms with Gasteiger partial charge in [0.15, 0.2) is 0 Å². The van der Waals surface area contributed by atoms with Crippen LogP contribution in [0, 0.1) is 22.7 Å². The molecule has 3 saturated carbocycles. The van der Waals surface area contributed by atoms with Crippen molar-refractivity contribution in [3.63, 3.8) is 0 Å². The van der Waals surface area contributed by atoms with E-state index in [2.05, 4.69) is 27.4 Å². The van der Waals surface area contributed by atoms with Gasteiger partial charge in [0.25, 0.3) is 0 Å². The summed E-state index contributed by atoms with van der Waals surface area (Å²) in [5.41, 5.74) is 1.81. The molecule has 3 rings (SSSR count). The molecule has 0 aromatic heterocycles. The zero-order chi connectivity index (χ0) is 11.8. The van der Waals surface area contributed by atoms with Crippen LogP contribution in [0.25, 0.3) is 0 Å². The molecule has 3 aliphatic carbocycles. The number of aliphatic hydroxyl groups is 1. The average molecular weight is 220 g/mol. The second-order valence-corrected chi connectivity index (χ2v) is 7.29. The molecule has 2 unspecified atom stereocenters. The zero-order valence-corrected chi connectivity index (χ0v) is 10.8. The van der Waals surface area contributed by atoms with E-state index in [9.17, 15) is 5.11 Å². The number of hydrogen-bond donors (Lipinski definition) is 1. The van der Waals surface area contributed by atoms with E-state index < -0.39 is 5.60 Å². The Morgan fingerprint density at radius 2 is 1.94 bits per heavy atom. The molecule has 90 valence electrons. The predicted molar refractivity (Wildman–Crippen MR) is 66.0 cm³/mol. The van der Waals surface area contributed by atoms with Gasteiger partial charge in [-0.3, -0.25) is 0 Å². The Balaban J connectivity index is 2.05. The van der Waals surface area contributed by atoms with Crippen molar-refractivity contribution in [3.8, 4) is 0 Å². The summed E-state index contributed by atoms with van der Waals surface area (Å²) < 4.78 is 0. The van der Waals surface area contributed by atoms with Crippen molar-refractivity contribution in [1.29, 1.82) is 0 Å². The van der Waals surface area contributed by atoms with Crippen LogP contribution in [0.3, 0.4) is 0 Å². The Morgan fingerprint density at radius 3 is 2.62 bits per heavy atom. The van der Waals surface area contributed by atoms with Gasteiger partial charge >= 0.3 is 0 Å². The lowest BCUT2D eigenvalue weighted by molar-refractivity contribution is -0.0238. The van der Waals surface area contributed by atoms with Crippen LogP contribution < -0.4 is 0 Å². The molecular formula is C15H24O. The average Bonchev–Trinajstić information content (AvgIpc) is 2.57. The van der Waals surface area contributed by atoms with Crippen molar-refractivity contribution < 1.29 is 5.11 Å². The summed E-state index contributed by atoms with van der Waals surface area (Å²) in [5, 5.41) is 10.7. The molecule has 0 radical (unpaired) electrons. The lowest BCUT2D eigenvalue weighted by Crippen LogP contribution is -2.39. The molecular weight excluding hydrogens is 196 g/mol. The van der Waals surface area contributed by atoms with Crippen LogP contribution in [0.2, 0.25) is 0 Å². The molecule has 5 atom stereocenters. The molecule has 1 N–H and O–H groups in total. The van der Waals surface area contributed by atoms with Crippen LogP contribution in [0.1, 0.15) is 52.9 Å². The van der Waals surface area contributed by atoms with Gasteiger partial charge < -0.3 is 5.11 Å². The first-order valence-corrected chi connectivity index (χ1v) is 6.70. The van der Waals surface area contributed by atoms with Crippen LogP contribution in [0.5, 0.6) is 0 Å². The minimum absolute atomic E-state index is 0.372. The smallest absolute Gasteiger partial charge is 0.0659 e. The fraction of sp³-hybridized carbons (Fsp3) is 0.867. The van der Waals surface area contributed by atoms with Crippen LogP contribution in [0.15, 0.2) is 12.2 Å². The molecule has 0 saturated heterocycles. The van der Waals surface area contributed by atoms with Gasteiger partial charge in [-0.2, -0.15) is 0 Å². The third-order valence-electron chi connectivity index (χ3n) is 6.25. The van der Waals surface area contributed by atoms with Gasteiger partial charge in [0.2, 0.25) is 0 Å². The van der Waals surface area contributed by atoms with E-state index in [0.29, 0.717) is 22.7 Å². The third kappa shape index (κ3) is 1.11. The Hall–Kier alpha value is -0.300. The third-order valence-corrected chi connectivity index (χ3v) is 6.25. The Morgan fingerprint density at radius 1 is 1.25 bits per heavy atom. The largest absolute Gasteiger partial charge is 0.390 e. The highest BCUT2D eigenvalue weighted by Crippen LogP contribution is 2.76. The topological polar surface area (TPSA) is 20.2 Å². The lowest BCUT2D eigenvalue weighted by atomic mass is 9.72. The molecule has 3 fully saturated rings. The number of hydrogen-bond acceptors (Lipinski definition) is 1. The first-order valence-electron chi connectivity index (χ1n) is 6.70. The van der Waals surface area contributed by atoms with E-state index in [1.165, 1.54) is 24.8 Å². The molecule has 0 amide bonds. The van der Waals surface area contributed by atoms with E-state index in [4.69, 9.17) is 0 Å². The Kier molecular flexibility index (Phi) is 1.86. The van der Waals surface area contributed by atoms with Crippen molar-refractivity contribution >= 4 is 0 Å². The van der Waals surface area contributed by atoms with Crippen molar-refractivity contribution in [2.24, 2.45) is 22.7 Å². The molecule has 0 heterocycles. The molecule has 0 bridgehead atoms. The maximum absolute atomic E-state index is 10.7. The first kappa shape index (κ1) is 10.8. The second kappa shape index (κ2) is 2.75. The SMILES string of the molecule is C=C1CC[C@@]2(C)C[C@@]2(C)C2C1CC[C@]2(C)O. The second-order valence-electron chi connectivity index (χ2n) is 7.29. The van der Waals surface area contributed by atoms with Gasteiger partial charge in [-0.05, 0) is 61.7 Å². The summed E-state index contributed by atoms with van der Waals surface area (Å²) in [6.07, 6.45) is 5.90. The molecule has 0 aromatic carbocycles. The predicted octanol–water partition coefficient (Wildman–Crippen LogP) is 3.53. The van der Waals surface area contributed by atoms with Gasteiger partial charge in [0.1, 0.15) is 0 Å². The molecule has 3 aliphatic rings. The van der Waals surface area contributed by atoms with Crippen molar-refractivity contribution in [2.45, 2.75) is 58.5 Å². The van der Waals surface area contributed by atoms with Gasteiger partial charge in [0.05, 0.1) is 5.60 Å². The van der Waals surface area contributed by atoms with E-state index in [-0.39, 0.29) is 0 Å². The van der Waals surface area contributed by atoms with E-state index >= 15 is 0 Å². The maximum Gasteiger partial charge on any atom is 0.0659 e. The molecule has 0 aromatic rings. The fourth-order valence-corrected chi connectivity index (χ4v) is 5.02. The molecule has 16 heavy (non-hydrogen) atoms. The molecule has 1 heteroatoms. The van der Waals surface area contributed by atoms with Gasteiger partial charge in [-0.15, -0.1) is 0 Å². The van der Waals surface area contributed by atoms with Crippen LogP contribution in [0.4, 0.5) is 0 Å². The highest BCUT2D eigenvalue weighted by atomic mass is 16.3. The summed E-state index contributed by atoms with van der Waals surface area (Å²) in [7, 11) is 0.